The highest BCUT2D eigenvalue weighted by atomic mass is 15.1. The third-order valence-electron chi connectivity index (χ3n) is 6.76. The molecule has 5 aromatic carbocycles. The average molecular weight is 519 g/mol. The molecule has 0 saturated heterocycles. The minimum atomic E-state index is 0.873. The van der Waals surface area contributed by atoms with Gasteiger partial charge in [-0.25, -0.2) is 9.97 Å². The SMILES string of the molecule is CC/C=C/Nc1ccc(N(c2ccccc2)c2ccc(-c3nc4ccccc4nc3-c3ccccc3)cc2)cc1. The van der Waals surface area contributed by atoms with Gasteiger partial charge in [0.05, 0.1) is 22.4 Å². The first-order chi connectivity index (χ1) is 19.8. The van der Waals surface area contributed by atoms with Crippen molar-refractivity contribution in [2.45, 2.75) is 13.3 Å². The number of nitrogens with zero attached hydrogens (tertiary/aromatic N) is 3. The van der Waals surface area contributed by atoms with Gasteiger partial charge in [0.15, 0.2) is 0 Å². The number of nitrogens with one attached hydrogen (secondary N) is 1. The second-order valence-electron chi connectivity index (χ2n) is 9.50. The monoisotopic (exact) mass is 518 g/mol. The normalized spacial score (nSPS) is 11.1. The van der Waals surface area contributed by atoms with Gasteiger partial charge in [0.1, 0.15) is 0 Å². The summed E-state index contributed by atoms with van der Waals surface area (Å²) in [5.74, 6) is 0. The maximum absolute atomic E-state index is 5.06. The highest BCUT2D eigenvalue weighted by molar-refractivity contribution is 5.87. The molecule has 194 valence electrons. The standard InChI is InChI=1S/C36H30N4/c1-2-3-26-37-29-20-24-32(25-21-29)40(30-14-8-5-9-15-30)31-22-18-28(19-23-31)36-35(27-12-6-4-7-13-27)38-33-16-10-11-17-34(33)39-36/h3-26,37H,2H2,1H3/b26-3+. The van der Waals surface area contributed by atoms with Gasteiger partial charge in [0.25, 0.3) is 0 Å². The molecule has 1 aromatic heterocycles. The lowest BCUT2D eigenvalue weighted by atomic mass is 10.0. The molecule has 0 aliphatic carbocycles. The van der Waals surface area contributed by atoms with Gasteiger partial charge in [-0.05, 0) is 73.3 Å². The molecule has 6 aromatic rings. The first-order valence-electron chi connectivity index (χ1n) is 13.6. The van der Waals surface area contributed by atoms with Gasteiger partial charge >= 0.3 is 0 Å². The number of allylic oxidation sites excluding steroid dienone is 1. The summed E-state index contributed by atoms with van der Waals surface area (Å²) in [5, 5.41) is 3.34. The first kappa shape index (κ1) is 25.1. The van der Waals surface area contributed by atoms with E-state index in [-0.39, 0.29) is 0 Å². The molecule has 0 atom stereocenters. The van der Waals surface area contributed by atoms with E-state index < -0.39 is 0 Å². The molecule has 1 heterocycles. The predicted octanol–water partition coefficient (Wildman–Crippen LogP) is 9.77. The molecule has 0 aliphatic heterocycles. The Bertz CT molecular complexity index is 1730. The van der Waals surface area contributed by atoms with Crippen LogP contribution in [0.4, 0.5) is 22.7 Å². The molecule has 0 spiro atoms. The molecule has 0 fully saturated rings. The average Bonchev–Trinajstić information content (AvgIpc) is 3.03. The highest BCUT2D eigenvalue weighted by Gasteiger charge is 2.16. The van der Waals surface area contributed by atoms with Gasteiger partial charge < -0.3 is 10.2 Å². The fourth-order valence-electron chi connectivity index (χ4n) is 4.77. The van der Waals surface area contributed by atoms with Crippen molar-refractivity contribution in [3.63, 3.8) is 0 Å². The van der Waals surface area contributed by atoms with Crippen LogP contribution in [0.5, 0.6) is 0 Å². The number of hydrogen-bond acceptors (Lipinski definition) is 4. The van der Waals surface area contributed by atoms with Crippen molar-refractivity contribution < 1.29 is 0 Å². The van der Waals surface area contributed by atoms with Crippen molar-refractivity contribution in [1.29, 1.82) is 0 Å². The molecular formula is C36H30N4. The van der Waals surface area contributed by atoms with Gasteiger partial charge in [-0.1, -0.05) is 85.8 Å². The van der Waals surface area contributed by atoms with Crippen LogP contribution in [0, 0.1) is 0 Å². The molecule has 4 heteroatoms. The van der Waals surface area contributed by atoms with Crippen molar-refractivity contribution in [3.05, 3.63) is 146 Å². The van der Waals surface area contributed by atoms with Crippen LogP contribution < -0.4 is 10.2 Å². The van der Waals surface area contributed by atoms with E-state index in [0.29, 0.717) is 0 Å². The Morgan fingerprint density at radius 2 is 1.02 bits per heavy atom. The quantitative estimate of drug-likeness (QED) is 0.218. The summed E-state index contributed by atoms with van der Waals surface area (Å²) in [6, 6.07) is 45.9. The molecule has 4 nitrogen and oxygen atoms in total. The van der Waals surface area contributed by atoms with E-state index in [0.717, 1.165) is 62.7 Å². The number of anilines is 4. The summed E-state index contributed by atoms with van der Waals surface area (Å²) < 4.78 is 0. The maximum Gasteiger partial charge on any atom is 0.0973 e. The lowest BCUT2D eigenvalue weighted by Crippen LogP contribution is -2.09. The summed E-state index contributed by atoms with van der Waals surface area (Å²) in [5.41, 5.74) is 9.90. The third kappa shape index (κ3) is 5.33. The van der Waals surface area contributed by atoms with E-state index in [1.807, 2.05) is 54.7 Å². The van der Waals surface area contributed by atoms with Crippen LogP contribution in [0.15, 0.2) is 146 Å². The molecule has 0 saturated carbocycles. The molecule has 0 aliphatic rings. The van der Waals surface area contributed by atoms with Gasteiger partial charge in [-0.2, -0.15) is 0 Å². The van der Waals surface area contributed by atoms with Crippen molar-refractivity contribution in [2.75, 3.05) is 10.2 Å². The summed E-state index contributed by atoms with van der Waals surface area (Å²) in [6.07, 6.45) is 5.09. The molecule has 0 amide bonds. The number of aromatic nitrogens is 2. The number of benzene rings is 5. The fourth-order valence-corrected chi connectivity index (χ4v) is 4.77. The van der Waals surface area contributed by atoms with Crippen LogP contribution in [0.1, 0.15) is 13.3 Å². The molecule has 0 bridgehead atoms. The number of fused-ring (bicyclic) bond motifs is 1. The van der Waals surface area contributed by atoms with Gasteiger partial charge in [0.2, 0.25) is 0 Å². The molecule has 0 unspecified atom stereocenters. The summed E-state index contributed by atoms with van der Waals surface area (Å²) >= 11 is 0. The Kier molecular flexibility index (Phi) is 7.31. The van der Waals surface area contributed by atoms with E-state index >= 15 is 0 Å². The second kappa shape index (κ2) is 11.7. The fraction of sp³-hybridized carbons (Fsp3) is 0.0556. The molecule has 6 rings (SSSR count). The topological polar surface area (TPSA) is 41.0 Å². The van der Waals surface area contributed by atoms with Crippen LogP contribution in [0.3, 0.4) is 0 Å². The van der Waals surface area contributed by atoms with E-state index in [1.165, 1.54) is 0 Å². The van der Waals surface area contributed by atoms with Crippen LogP contribution in [0.25, 0.3) is 33.5 Å². The van der Waals surface area contributed by atoms with Gasteiger partial charge in [-0.3, -0.25) is 0 Å². The van der Waals surface area contributed by atoms with Crippen molar-refractivity contribution >= 4 is 33.8 Å². The van der Waals surface area contributed by atoms with E-state index in [4.69, 9.17) is 9.97 Å². The minimum Gasteiger partial charge on any atom is -0.362 e. The smallest absolute Gasteiger partial charge is 0.0973 e. The van der Waals surface area contributed by atoms with E-state index in [1.54, 1.807) is 0 Å². The third-order valence-corrected chi connectivity index (χ3v) is 6.76. The van der Waals surface area contributed by atoms with Crippen LogP contribution in [-0.4, -0.2) is 9.97 Å². The second-order valence-corrected chi connectivity index (χ2v) is 9.50. The largest absolute Gasteiger partial charge is 0.362 e. The Morgan fingerprint density at radius 1 is 0.550 bits per heavy atom. The molecule has 0 radical (unpaired) electrons. The Hall–Kier alpha value is -5.22. The van der Waals surface area contributed by atoms with E-state index in [9.17, 15) is 0 Å². The maximum atomic E-state index is 5.06. The summed E-state index contributed by atoms with van der Waals surface area (Å²) in [6.45, 7) is 2.12. The number of para-hydroxylation sites is 3. The van der Waals surface area contributed by atoms with Crippen molar-refractivity contribution in [3.8, 4) is 22.5 Å². The predicted molar refractivity (Wildman–Crippen MR) is 168 cm³/mol. The van der Waals surface area contributed by atoms with Crippen LogP contribution in [-0.2, 0) is 0 Å². The first-order valence-corrected chi connectivity index (χ1v) is 13.6. The lowest BCUT2D eigenvalue weighted by molar-refractivity contribution is 1.22. The minimum absolute atomic E-state index is 0.873. The van der Waals surface area contributed by atoms with Crippen LogP contribution >= 0.6 is 0 Å². The Labute approximate surface area is 235 Å². The van der Waals surface area contributed by atoms with Crippen molar-refractivity contribution in [2.24, 2.45) is 0 Å². The lowest BCUT2D eigenvalue weighted by Gasteiger charge is -2.26. The van der Waals surface area contributed by atoms with Crippen LogP contribution in [0.2, 0.25) is 0 Å². The summed E-state index contributed by atoms with van der Waals surface area (Å²) in [4.78, 5) is 12.4. The summed E-state index contributed by atoms with van der Waals surface area (Å²) in [7, 11) is 0. The van der Waals surface area contributed by atoms with Gasteiger partial charge in [0, 0.05) is 33.9 Å². The number of hydrogen-bond donors (Lipinski definition) is 1. The zero-order chi connectivity index (χ0) is 27.1. The molecule has 1 N–H and O–H groups in total. The Balaban J connectivity index is 1.40. The van der Waals surface area contributed by atoms with Crippen molar-refractivity contribution in [1.82, 2.24) is 9.97 Å². The molecule has 40 heavy (non-hydrogen) atoms. The zero-order valence-electron chi connectivity index (χ0n) is 22.4. The van der Waals surface area contributed by atoms with E-state index in [2.05, 4.69) is 108 Å². The Morgan fingerprint density at radius 3 is 1.60 bits per heavy atom. The zero-order valence-corrected chi connectivity index (χ0v) is 22.4. The highest BCUT2D eigenvalue weighted by Crippen LogP contribution is 2.37. The molecular weight excluding hydrogens is 488 g/mol. The van der Waals surface area contributed by atoms with Gasteiger partial charge in [-0.15, -0.1) is 0 Å². The number of rotatable bonds is 8.